The van der Waals surface area contributed by atoms with E-state index in [9.17, 15) is 4.79 Å². The number of hydrogen-bond acceptors (Lipinski definition) is 2. The second-order valence-electron chi connectivity index (χ2n) is 4.72. The van der Waals surface area contributed by atoms with Crippen LogP contribution >= 0.6 is 0 Å². The summed E-state index contributed by atoms with van der Waals surface area (Å²) in [7, 11) is 0. The number of carbonyl (C=O) groups excluding carboxylic acids is 1. The zero-order chi connectivity index (χ0) is 10.1. The SMILES string of the molecule is CC(C)N1CCN2C(=O)CCCC2C1. The highest BCUT2D eigenvalue weighted by Crippen LogP contribution is 2.22. The second kappa shape index (κ2) is 3.89. The first-order valence-electron chi connectivity index (χ1n) is 5.72. The van der Waals surface area contributed by atoms with Gasteiger partial charge in [-0.1, -0.05) is 0 Å². The molecule has 3 heteroatoms. The number of nitrogens with zero attached hydrogens (tertiary/aromatic N) is 2. The summed E-state index contributed by atoms with van der Waals surface area (Å²) in [6, 6.07) is 1.13. The van der Waals surface area contributed by atoms with Crippen molar-refractivity contribution in [1.29, 1.82) is 0 Å². The Labute approximate surface area is 86.1 Å². The van der Waals surface area contributed by atoms with E-state index in [1.54, 1.807) is 0 Å². The summed E-state index contributed by atoms with van der Waals surface area (Å²) in [6.45, 7) is 7.56. The Morgan fingerprint density at radius 3 is 2.86 bits per heavy atom. The summed E-state index contributed by atoms with van der Waals surface area (Å²) in [5, 5.41) is 0. The third kappa shape index (κ3) is 1.78. The highest BCUT2D eigenvalue weighted by atomic mass is 16.2. The molecule has 0 aromatic carbocycles. The Kier molecular flexibility index (Phi) is 2.77. The molecule has 2 rings (SSSR count). The van der Waals surface area contributed by atoms with Crippen molar-refractivity contribution >= 4 is 5.91 Å². The first kappa shape index (κ1) is 9.97. The van der Waals surface area contributed by atoms with Crippen LogP contribution in [0.5, 0.6) is 0 Å². The normalized spacial score (nSPS) is 29.5. The topological polar surface area (TPSA) is 23.6 Å². The van der Waals surface area contributed by atoms with E-state index in [-0.39, 0.29) is 0 Å². The summed E-state index contributed by atoms with van der Waals surface area (Å²) in [4.78, 5) is 16.2. The van der Waals surface area contributed by atoms with Crippen LogP contribution in [-0.2, 0) is 4.79 Å². The molecule has 3 nitrogen and oxygen atoms in total. The molecule has 1 amide bonds. The lowest BCUT2D eigenvalue weighted by atomic mass is 9.98. The van der Waals surface area contributed by atoms with E-state index in [4.69, 9.17) is 0 Å². The second-order valence-corrected chi connectivity index (χ2v) is 4.72. The smallest absolute Gasteiger partial charge is 0.222 e. The Morgan fingerprint density at radius 2 is 2.14 bits per heavy atom. The molecule has 2 aliphatic rings. The van der Waals surface area contributed by atoms with Gasteiger partial charge in [0, 0.05) is 38.1 Å². The molecule has 80 valence electrons. The Balaban J connectivity index is 1.99. The summed E-state index contributed by atoms with van der Waals surface area (Å²) >= 11 is 0. The Bertz CT molecular complexity index is 227. The molecule has 0 N–H and O–H groups in total. The van der Waals surface area contributed by atoms with Gasteiger partial charge in [-0.05, 0) is 26.7 Å². The molecule has 1 unspecified atom stereocenters. The standard InChI is InChI=1S/C11H20N2O/c1-9(2)12-6-7-13-10(8-12)4-3-5-11(13)14/h9-10H,3-8H2,1-2H3. The van der Waals surface area contributed by atoms with Crippen molar-refractivity contribution < 1.29 is 4.79 Å². The van der Waals surface area contributed by atoms with Gasteiger partial charge in [0.25, 0.3) is 0 Å². The zero-order valence-corrected chi connectivity index (χ0v) is 9.20. The van der Waals surface area contributed by atoms with Gasteiger partial charge in [0.2, 0.25) is 5.91 Å². The van der Waals surface area contributed by atoms with Crippen molar-refractivity contribution in [3.8, 4) is 0 Å². The lowest BCUT2D eigenvalue weighted by Crippen LogP contribution is -2.58. The number of rotatable bonds is 1. The summed E-state index contributed by atoms with van der Waals surface area (Å²) in [5.74, 6) is 0.379. The van der Waals surface area contributed by atoms with Crippen LogP contribution < -0.4 is 0 Å². The summed E-state index contributed by atoms with van der Waals surface area (Å²) < 4.78 is 0. The van der Waals surface area contributed by atoms with E-state index >= 15 is 0 Å². The van der Waals surface area contributed by atoms with Gasteiger partial charge in [-0.2, -0.15) is 0 Å². The largest absolute Gasteiger partial charge is 0.337 e. The lowest BCUT2D eigenvalue weighted by molar-refractivity contribution is -0.139. The minimum absolute atomic E-state index is 0.379. The quantitative estimate of drug-likeness (QED) is 0.627. The molecule has 1 atom stereocenters. The van der Waals surface area contributed by atoms with Crippen molar-refractivity contribution in [2.75, 3.05) is 19.6 Å². The van der Waals surface area contributed by atoms with Crippen molar-refractivity contribution in [2.45, 2.75) is 45.2 Å². The number of piperidine rings is 1. The molecule has 0 aromatic heterocycles. The molecule has 0 bridgehead atoms. The van der Waals surface area contributed by atoms with Gasteiger partial charge in [0.15, 0.2) is 0 Å². The molecule has 0 saturated carbocycles. The minimum atomic E-state index is 0.379. The van der Waals surface area contributed by atoms with Crippen LogP contribution in [0.15, 0.2) is 0 Å². The molecule has 2 aliphatic heterocycles. The van der Waals surface area contributed by atoms with Crippen LogP contribution in [0.1, 0.15) is 33.1 Å². The highest BCUT2D eigenvalue weighted by Gasteiger charge is 2.33. The monoisotopic (exact) mass is 196 g/mol. The van der Waals surface area contributed by atoms with Gasteiger partial charge in [-0.25, -0.2) is 0 Å². The fourth-order valence-electron chi connectivity index (χ4n) is 2.56. The van der Waals surface area contributed by atoms with E-state index in [2.05, 4.69) is 23.6 Å². The molecule has 14 heavy (non-hydrogen) atoms. The van der Waals surface area contributed by atoms with Crippen LogP contribution in [0.25, 0.3) is 0 Å². The molecule has 2 fully saturated rings. The lowest BCUT2D eigenvalue weighted by Gasteiger charge is -2.45. The molecule has 2 saturated heterocycles. The number of carbonyl (C=O) groups is 1. The maximum absolute atomic E-state index is 11.6. The van der Waals surface area contributed by atoms with E-state index in [0.29, 0.717) is 18.0 Å². The fraction of sp³-hybridized carbons (Fsp3) is 0.909. The van der Waals surface area contributed by atoms with Crippen LogP contribution in [0, 0.1) is 0 Å². The number of piperazine rings is 1. The summed E-state index contributed by atoms with van der Waals surface area (Å²) in [6.07, 6.45) is 3.07. The molecular formula is C11H20N2O. The predicted octanol–water partition coefficient (Wildman–Crippen LogP) is 1.09. The Hall–Kier alpha value is -0.570. The third-order valence-corrected chi connectivity index (χ3v) is 3.49. The average molecular weight is 196 g/mol. The van der Waals surface area contributed by atoms with Gasteiger partial charge < -0.3 is 4.90 Å². The van der Waals surface area contributed by atoms with Crippen molar-refractivity contribution in [3.05, 3.63) is 0 Å². The van der Waals surface area contributed by atoms with Gasteiger partial charge in [0.05, 0.1) is 0 Å². The molecule has 0 aliphatic carbocycles. The zero-order valence-electron chi connectivity index (χ0n) is 9.20. The first-order valence-corrected chi connectivity index (χ1v) is 5.72. The molecule has 0 radical (unpaired) electrons. The van der Waals surface area contributed by atoms with Crippen LogP contribution in [0.3, 0.4) is 0 Å². The number of fused-ring (bicyclic) bond motifs is 1. The van der Waals surface area contributed by atoms with Crippen LogP contribution in [0.4, 0.5) is 0 Å². The van der Waals surface area contributed by atoms with Crippen LogP contribution in [0.2, 0.25) is 0 Å². The minimum Gasteiger partial charge on any atom is -0.337 e. The van der Waals surface area contributed by atoms with Crippen molar-refractivity contribution in [3.63, 3.8) is 0 Å². The fourth-order valence-corrected chi connectivity index (χ4v) is 2.56. The highest BCUT2D eigenvalue weighted by molar-refractivity contribution is 5.77. The van der Waals surface area contributed by atoms with Crippen molar-refractivity contribution in [1.82, 2.24) is 9.80 Å². The summed E-state index contributed by atoms with van der Waals surface area (Å²) in [5.41, 5.74) is 0. The van der Waals surface area contributed by atoms with Crippen LogP contribution in [-0.4, -0.2) is 47.4 Å². The van der Waals surface area contributed by atoms with E-state index in [0.717, 1.165) is 32.5 Å². The van der Waals surface area contributed by atoms with Gasteiger partial charge >= 0.3 is 0 Å². The number of amides is 1. The van der Waals surface area contributed by atoms with Crippen molar-refractivity contribution in [2.24, 2.45) is 0 Å². The Morgan fingerprint density at radius 1 is 1.36 bits per heavy atom. The van der Waals surface area contributed by atoms with Gasteiger partial charge in [-0.3, -0.25) is 9.69 Å². The molecular weight excluding hydrogens is 176 g/mol. The van der Waals surface area contributed by atoms with E-state index in [1.165, 1.54) is 6.42 Å². The third-order valence-electron chi connectivity index (χ3n) is 3.49. The molecule has 0 aromatic rings. The van der Waals surface area contributed by atoms with E-state index in [1.807, 2.05) is 0 Å². The maximum atomic E-state index is 11.6. The predicted molar refractivity (Wildman–Crippen MR) is 56.1 cm³/mol. The van der Waals surface area contributed by atoms with E-state index < -0.39 is 0 Å². The van der Waals surface area contributed by atoms with Gasteiger partial charge in [0.1, 0.15) is 0 Å². The molecule has 2 heterocycles. The molecule has 0 spiro atoms. The average Bonchev–Trinajstić information content (AvgIpc) is 2.17. The van der Waals surface area contributed by atoms with Gasteiger partial charge in [-0.15, -0.1) is 0 Å². The first-order chi connectivity index (χ1) is 6.68. The maximum Gasteiger partial charge on any atom is 0.222 e. The number of hydrogen-bond donors (Lipinski definition) is 0.